The average molecular weight is 274 g/mol. The molecule has 0 aromatic carbocycles. The predicted octanol–water partition coefficient (Wildman–Crippen LogP) is 1.71. The molecule has 2 heterocycles. The Balaban J connectivity index is 2.09. The van der Waals surface area contributed by atoms with Crippen LogP contribution in [0.3, 0.4) is 0 Å². The van der Waals surface area contributed by atoms with E-state index in [1.165, 1.54) is 17.3 Å². The molecule has 0 fully saturated rings. The number of H-pyrrole nitrogens is 2. The maximum absolute atomic E-state index is 12.0. The lowest BCUT2D eigenvalue weighted by molar-refractivity contribution is 0.0776. The SMILES string of the molecule is CN(Cc1ncn[nH]1)C(=O)c1cc(Cl)c(Cl)[nH]1. The molecular weight excluding hydrogens is 265 g/mol. The summed E-state index contributed by atoms with van der Waals surface area (Å²) in [6.45, 7) is 0.326. The van der Waals surface area contributed by atoms with E-state index < -0.39 is 0 Å². The minimum atomic E-state index is -0.227. The maximum atomic E-state index is 12.0. The first kappa shape index (κ1) is 11.9. The van der Waals surface area contributed by atoms with Crippen LogP contribution in [0.4, 0.5) is 0 Å². The number of halogens is 2. The number of carbonyl (C=O) groups is 1. The molecule has 0 aliphatic heterocycles. The van der Waals surface area contributed by atoms with Crippen molar-refractivity contribution in [1.29, 1.82) is 0 Å². The smallest absolute Gasteiger partial charge is 0.270 e. The zero-order valence-corrected chi connectivity index (χ0v) is 10.4. The number of hydrogen-bond donors (Lipinski definition) is 2. The Morgan fingerprint density at radius 1 is 1.53 bits per heavy atom. The number of aromatic amines is 2. The molecule has 0 saturated heterocycles. The van der Waals surface area contributed by atoms with Gasteiger partial charge in [0, 0.05) is 7.05 Å². The topological polar surface area (TPSA) is 77.7 Å². The van der Waals surface area contributed by atoms with E-state index in [1.807, 2.05) is 0 Å². The van der Waals surface area contributed by atoms with Crippen LogP contribution in [0, 0.1) is 0 Å². The molecule has 17 heavy (non-hydrogen) atoms. The Kier molecular flexibility index (Phi) is 3.35. The summed E-state index contributed by atoms with van der Waals surface area (Å²) in [5.74, 6) is 0.375. The minimum Gasteiger partial charge on any atom is -0.340 e. The molecule has 2 aromatic rings. The normalized spacial score (nSPS) is 10.5. The summed E-state index contributed by atoms with van der Waals surface area (Å²) in [6, 6.07) is 1.49. The van der Waals surface area contributed by atoms with Crippen molar-refractivity contribution >= 4 is 29.1 Å². The van der Waals surface area contributed by atoms with E-state index in [0.717, 1.165) is 0 Å². The first-order chi connectivity index (χ1) is 8.08. The van der Waals surface area contributed by atoms with Crippen LogP contribution in [0.2, 0.25) is 10.2 Å². The third kappa shape index (κ3) is 2.59. The molecule has 6 nitrogen and oxygen atoms in total. The number of aromatic nitrogens is 4. The van der Waals surface area contributed by atoms with Crippen molar-refractivity contribution in [1.82, 2.24) is 25.1 Å². The highest BCUT2D eigenvalue weighted by atomic mass is 35.5. The molecule has 0 spiro atoms. The van der Waals surface area contributed by atoms with Crippen molar-refractivity contribution in [3.63, 3.8) is 0 Å². The molecule has 90 valence electrons. The fourth-order valence-corrected chi connectivity index (χ4v) is 1.64. The lowest BCUT2D eigenvalue weighted by Gasteiger charge is -2.14. The van der Waals surface area contributed by atoms with Crippen molar-refractivity contribution in [2.45, 2.75) is 6.54 Å². The lowest BCUT2D eigenvalue weighted by atomic mass is 10.3. The largest absolute Gasteiger partial charge is 0.340 e. The van der Waals surface area contributed by atoms with E-state index in [1.54, 1.807) is 7.05 Å². The Morgan fingerprint density at radius 2 is 2.29 bits per heavy atom. The highest BCUT2D eigenvalue weighted by Gasteiger charge is 2.16. The summed E-state index contributed by atoms with van der Waals surface area (Å²) >= 11 is 11.5. The second kappa shape index (κ2) is 4.77. The van der Waals surface area contributed by atoms with Gasteiger partial charge < -0.3 is 9.88 Å². The fourth-order valence-electron chi connectivity index (χ4n) is 1.33. The number of nitrogens with one attached hydrogen (secondary N) is 2. The average Bonchev–Trinajstić information content (AvgIpc) is 2.89. The van der Waals surface area contributed by atoms with Gasteiger partial charge in [-0.3, -0.25) is 9.89 Å². The molecule has 8 heteroatoms. The third-order valence-electron chi connectivity index (χ3n) is 2.15. The predicted molar refractivity (Wildman–Crippen MR) is 63.0 cm³/mol. The van der Waals surface area contributed by atoms with Gasteiger partial charge in [-0.15, -0.1) is 0 Å². The maximum Gasteiger partial charge on any atom is 0.270 e. The molecule has 0 aliphatic rings. The van der Waals surface area contributed by atoms with Crippen LogP contribution in [-0.4, -0.2) is 38.0 Å². The molecule has 0 bridgehead atoms. The summed E-state index contributed by atoms with van der Waals surface area (Å²) in [5, 5.41) is 6.95. The molecule has 0 unspecified atom stereocenters. The van der Waals surface area contributed by atoms with Crippen LogP contribution in [0.25, 0.3) is 0 Å². The second-order valence-electron chi connectivity index (χ2n) is 3.44. The molecule has 0 aliphatic carbocycles. The van der Waals surface area contributed by atoms with Crippen molar-refractivity contribution in [2.75, 3.05) is 7.05 Å². The second-order valence-corrected chi connectivity index (χ2v) is 4.22. The van der Waals surface area contributed by atoms with Crippen molar-refractivity contribution < 1.29 is 4.79 Å². The molecule has 2 rings (SSSR count). The zero-order valence-electron chi connectivity index (χ0n) is 8.87. The quantitative estimate of drug-likeness (QED) is 0.894. The van der Waals surface area contributed by atoms with Gasteiger partial charge in [-0.05, 0) is 6.07 Å². The van der Waals surface area contributed by atoms with Crippen LogP contribution in [0.5, 0.6) is 0 Å². The number of hydrogen-bond acceptors (Lipinski definition) is 3. The number of carbonyl (C=O) groups excluding carboxylic acids is 1. The summed E-state index contributed by atoms with van der Waals surface area (Å²) in [4.78, 5) is 20.1. The van der Waals surface area contributed by atoms with Crippen LogP contribution in [-0.2, 0) is 6.54 Å². The van der Waals surface area contributed by atoms with Crippen molar-refractivity contribution in [3.8, 4) is 0 Å². The standard InChI is InChI=1S/C9H9Cl2N5O/c1-16(3-7-12-4-13-15-7)9(17)6-2-5(10)8(11)14-6/h2,4,14H,3H2,1H3,(H,12,13,15). The van der Waals surface area contributed by atoms with E-state index in [2.05, 4.69) is 20.2 Å². The zero-order chi connectivity index (χ0) is 12.4. The van der Waals surface area contributed by atoms with Gasteiger partial charge in [0.2, 0.25) is 0 Å². The molecule has 0 radical (unpaired) electrons. The van der Waals surface area contributed by atoms with E-state index in [0.29, 0.717) is 23.1 Å². The number of nitrogens with zero attached hydrogens (tertiary/aromatic N) is 3. The summed E-state index contributed by atoms with van der Waals surface area (Å²) in [6.07, 6.45) is 1.38. The number of rotatable bonds is 3. The Morgan fingerprint density at radius 3 is 2.82 bits per heavy atom. The molecular formula is C9H9Cl2N5O. The van der Waals surface area contributed by atoms with Crippen LogP contribution >= 0.6 is 23.2 Å². The van der Waals surface area contributed by atoms with Gasteiger partial charge in [-0.1, -0.05) is 23.2 Å². The van der Waals surface area contributed by atoms with Crippen LogP contribution in [0.15, 0.2) is 12.4 Å². The molecule has 0 atom stereocenters. The lowest BCUT2D eigenvalue weighted by Crippen LogP contribution is -2.27. The molecule has 0 saturated carbocycles. The first-order valence-corrected chi connectivity index (χ1v) is 5.47. The Labute approximate surface area is 107 Å². The molecule has 2 N–H and O–H groups in total. The molecule has 1 amide bonds. The fraction of sp³-hybridized carbons (Fsp3) is 0.222. The van der Waals surface area contributed by atoms with E-state index in [-0.39, 0.29) is 11.1 Å². The van der Waals surface area contributed by atoms with Gasteiger partial charge in [0.05, 0.1) is 11.6 Å². The third-order valence-corrected chi connectivity index (χ3v) is 2.85. The van der Waals surface area contributed by atoms with Crippen molar-refractivity contribution in [2.24, 2.45) is 0 Å². The van der Waals surface area contributed by atoms with Gasteiger partial charge in [0.1, 0.15) is 23.0 Å². The minimum absolute atomic E-state index is 0.227. The van der Waals surface area contributed by atoms with Crippen LogP contribution < -0.4 is 0 Å². The van der Waals surface area contributed by atoms with E-state index in [4.69, 9.17) is 23.2 Å². The van der Waals surface area contributed by atoms with Gasteiger partial charge in [-0.25, -0.2) is 4.98 Å². The number of amides is 1. The van der Waals surface area contributed by atoms with E-state index in [9.17, 15) is 4.79 Å². The van der Waals surface area contributed by atoms with Crippen molar-refractivity contribution in [3.05, 3.63) is 34.1 Å². The van der Waals surface area contributed by atoms with Crippen LogP contribution in [0.1, 0.15) is 16.3 Å². The highest BCUT2D eigenvalue weighted by Crippen LogP contribution is 2.22. The van der Waals surface area contributed by atoms with Gasteiger partial charge in [0.25, 0.3) is 5.91 Å². The van der Waals surface area contributed by atoms with Gasteiger partial charge in [0.15, 0.2) is 0 Å². The highest BCUT2D eigenvalue weighted by molar-refractivity contribution is 6.41. The monoisotopic (exact) mass is 273 g/mol. The van der Waals surface area contributed by atoms with E-state index >= 15 is 0 Å². The Bertz CT molecular complexity index is 502. The summed E-state index contributed by atoms with van der Waals surface area (Å²) < 4.78 is 0. The van der Waals surface area contributed by atoms with Gasteiger partial charge in [-0.2, -0.15) is 5.10 Å². The Hall–Kier alpha value is -1.53. The van der Waals surface area contributed by atoms with Gasteiger partial charge >= 0.3 is 0 Å². The summed E-state index contributed by atoms with van der Waals surface area (Å²) in [7, 11) is 1.65. The molecule has 2 aromatic heterocycles. The first-order valence-electron chi connectivity index (χ1n) is 4.71. The summed E-state index contributed by atoms with van der Waals surface area (Å²) in [5.41, 5.74) is 0.335.